The van der Waals surface area contributed by atoms with E-state index in [4.69, 9.17) is 0 Å². The molecule has 2 amide bonds. The van der Waals surface area contributed by atoms with Gasteiger partial charge < -0.3 is 10.6 Å². The number of aromatic nitrogens is 1. The maximum atomic E-state index is 11.8. The highest BCUT2D eigenvalue weighted by Crippen LogP contribution is 2.08. The molecule has 1 heterocycles. The number of urea groups is 1. The van der Waals surface area contributed by atoms with Gasteiger partial charge in [0.05, 0.1) is 18.0 Å². The van der Waals surface area contributed by atoms with E-state index in [0.717, 1.165) is 11.3 Å². The van der Waals surface area contributed by atoms with E-state index in [1.165, 1.54) is 7.05 Å². The van der Waals surface area contributed by atoms with Crippen molar-refractivity contribution in [1.82, 2.24) is 20.3 Å². The second-order valence-electron chi connectivity index (χ2n) is 5.14. The van der Waals surface area contributed by atoms with Gasteiger partial charge in [-0.1, -0.05) is 30.3 Å². The average molecular weight is 348 g/mol. The number of nitrogens with zero attached hydrogens (tertiary/aromatic N) is 1. The number of nitrogens with one attached hydrogen (secondary N) is 3. The number of carbonyl (C=O) groups excluding carboxylic acids is 1. The van der Waals surface area contributed by atoms with Gasteiger partial charge in [-0.2, -0.15) is 0 Å². The van der Waals surface area contributed by atoms with Gasteiger partial charge in [0.2, 0.25) is 10.0 Å². The summed E-state index contributed by atoms with van der Waals surface area (Å²) in [7, 11) is -1.93. The summed E-state index contributed by atoms with van der Waals surface area (Å²) in [5.74, 6) is -0.0940. The van der Waals surface area contributed by atoms with Crippen LogP contribution in [0, 0.1) is 0 Å². The highest BCUT2D eigenvalue weighted by Gasteiger charge is 2.09. The molecule has 8 heteroatoms. The Morgan fingerprint density at radius 3 is 2.50 bits per heavy atom. The molecule has 0 unspecified atom stereocenters. The Labute approximate surface area is 141 Å². The molecule has 0 bridgehead atoms. The lowest BCUT2D eigenvalue weighted by Crippen LogP contribution is -2.34. The molecule has 0 spiro atoms. The van der Waals surface area contributed by atoms with E-state index >= 15 is 0 Å². The van der Waals surface area contributed by atoms with Crippen LogP contribution >= 0.6 is 0 Å². The molecule has 128 valence electrons. The predicted molar refractivity (Wildman–Crippen MR) is 91.4 cm³/mol. The van der Waals surface area contributed by atoms with Crippen LogP contribution < -0.4 is 15.4 Å². The van der Waals surface area contributed by atoms with Gasteiger partial charge in [0, 0.05) is 12.7 Å². The summed E-state index contributed by atoms with van der Waals surface area (Å²) in [4.78, 5) is 15.9. The van der Waals surface area contributed by atoms with Crippen molar-refractivity contribution in [3.05, 3.63) is 65.5 Å². The Morgan fingerprint density at radius 2 is 1.79 bits per heavy atom. The van der Waals surface area contributed by atoms with Crippen LogP contribution in [0.15, 0.2) is 48.7 Å². The molecule has 1 aromatic carbocycles. The van der Waals surface area contributed by atoms with Crippen LogP contribution in [0.2, 0.25) is 0 Å². The fourth-order valence-corrected chi connectivity index (χ4v) is 2.80. The zero-order valence-electron chi connectivity index (χ0n) is 13.3. The summed E-state index contributed by atoms with van der Waals surface area (Å²) < 4.78 is 25.4. The van der Waals surface area contributed by atoms with E-state index in [1.807, 2.05) is 24.3 Å². The van der Waals surface area contributed by atoms with E-state index < -0.39 is 10.0 Å². The maximum absolute atomic E-state index is 11.8. The summed E-state index contributed by atoms with van der Waals surface area (Å²) in [5.41, 5.74) is 2.26. The van der Waals surface area contributed by atoms with Crippen molar-refractivity contribution in [2.45, 2.75) is 18.8 Å². The van der Waals surface area contributed by atoms with Crippen LogP contribution in [0.25, 0.3) is 0 Å². The highest BCUT2D eigenvalue weighted by atomic mass is 32.2. The fraction of sp³-hybridized carbons (Fsp3) is 0.250. The lowest BCUT2D eigenvalue weighted by atomic mass is 10.1. The molecule has 0 radical (unpaired) electrons. The van der Waals surface area contributed by atoms with E-state index in [9.17, 15) is 13.2 Å². The van der Waals surface area contributed by atoms with E-state index in [0.29, 0.717) is 18.7 Å². The second-order valence-corrected chi connectivity index (χ2v) is 7.07. The number of sulfonamides is 1. The Kier molecular flexibility index (Phi) is 6.28. The van der Waals surface area contributed by atoms with Gasteiger partial charge in [0.1, 0.15) is 0 Å². The van der Waals surface area contributed by atoms with Crippen molar-refractivity contribution in [2.75, 3.05) is 7.05 Å². The number of carbonyl (C=O) groups is 1. The predicted octanol–water partition coefficient (Wildman–Crippen LogP) is 1.13. The van der Waals surface area contributed by atoms with Gasteiger partial charge in [-0.05, 0) is 30.3 Å². The summed E-state index contributed by atoms with van der Waals surface area (Å²) in [6.07, 6.45) is 1.67. The minimum Gasteiger partial charge on any atom is -0.334 e. The summed E-state index contributed by atoms with van der Waals surface area (Å²) in [6.45, 7) is 0.647. The molecule has 2 rings (SSSR count). The second kappa shape index (κ2) is 8.42. The van der Waals surface area contributed by atoms with E-state index in [2.05, 4.69) is 20.3 Å². The molecule has 0 atom stereocenters. The van der Waals surface area contributed by atoms with Gasteiger partial charge in [0.15, 0.2) is 0 Å². The molecule has 0 fully saturated rings. The Bertz CT molecular complexity index is 779. The minimum atomic E-state index is -3.32. The zero-order chi connectivity index (χ0) is 17.4. The monoisotopic (exact) mass is 348 g/mol. The lowest BCUT2D eigenvalue weighted by Gasteiger charge is -2.09. The molecule has 24 heavy (non-hydrogen) atoms. The molecule has 7 nitrogen and oxygen atoms in total. The van der Waals surface area contributed by atoms with Crippen LogP contribution in [-0.4, -0.2) is 26.5 Å². The zero-order valence-corrected chi connectivity index (χ0v) is 14.1. The molecule has 0 saturated carbocycles. The standard InChI is InChI=1S/C16H20N4O3S/c1-17-24(22,23)12-14-6-4-5-13(9-14)10-19-16(21)20-11-15-7-2-3-8-18-15/h2-9,17H,10-12H2,1H3,(H2,19,20,21). The molecule has 0 aliphatic rings. The number of pyridine rings is 1. The number of benzene rings is 1. The van der Waals surface area contributed by atoms with Crippen LogP contribution in [0.5, 0.6) is 0 Å². The van der Waals surface area contributed by atoms with Gasteiger partial charge in [-0.25, -0.2) is 17.9 Å². The molecule has 2 aromatic rings. The molecular formula is C16H20N4O3S. The maximum Gasteiger partial charge on any atom is 0.315 e. The van der Waals surface area contributed by atoms with Crippen molar-refractivity contribution in [1.29, 1.82) is 0 Å². The normalized spacial score (nSPS) is 11.0. The lowest BCUT2D eigenvalue weighted by molar-refractivity contribution is 0.240. The quantitative estimate of drug-likeness (QED) is 0.698. The fourth-order valence-electron chi connectivity index (χ4n) is 2.04. The summed E-state index contributed by atoms with van der Waals surface area (Å²) in [5, 5.41) is 5.44. The largest absolute Gasteiger partial charge is 0.334 e. The van der Waals surface area contributed by atoms with Crippen molar-refractivity contribution < 1.29 is 13.2 Å². The van der Waals surface area contributed by atoms with Gasteiger partial charge in [0.25, 0.3) is 0 Å². The van der Waals surface area contributed by atoms with Crippen molar-refractivity contribution in [3.8, 4) is 0 Å². The minimum absolute atomic E-state index is 0.0940. The number of rotatable bonds is 7. The third kappa shape index (κ3) is 5.98. The smallest absolute Gasteiger partial charge is 0.315 e. The van der Waals surface area contributed by atoms with Crippen molar-refractivity contribution in [2.24, 2.45) is 0 Å². The van der Waals surface area contributed by atoms with E-state index in [-0.39, 0.29) is 11.8 Å². The average Bonchev–Trinajstić information content (AvgIpc) is 2.59. The molecule has 0 aliphatic heterocycles. The summed E-state index contributed by atoms with van der Waals surface area (Å²) in [6, 6.07) is 12.3. The molecule has 1 aromatic heterocycles. The van der Waals surface area contributed by atoms with Crippen LogP contribution in [-0.2, 0) is 28.9 Å². The number of hydrogen-bond acceptors (Lipinski definition) is 4. The van der Waals surface area contributed by atoms with Crippen LogP contribution in [0.4, 0.5) is 4.79 Å². The highest BCUT2D eigenvalue weighted by molar-refractivity contribution is 7.88. The molecule has 0 saturated heterocycles. The number of amides is 2. The van der Waals surface area contributed by atoms with Crippen LogP contribution in [0.1, 0.15) is 16.8 Å². The first kappa shape index (κ1) is 17.9. The third-order valence-corrected chi connectivity index (χ3v) is 4.60. The molecule has 3 N–H and O–H groups in total. The Morgan fingerprint density at radius 1 is 1.04 bits per heavy atom. The molecular weight excluding hydrogens is 328 g/mol. The van der Waals surface area contributed by atoms with Crippen molar-refractivity contribution in [3.63, 3.8) is 0 Å². The van der Waals surface area contributed by atoms with Gasteiger partial charge >= 0.3 is 6.03 Å². The van der Waals surface area contributed by atoms with Crippen molar-refractivity contribution >= 4 is 16.1 Å². The number of hydrogen-bond donors (Lipinski definition) is 3. The van der Waals surface area contributed by atoms with Crippen LogP contribution in [0.3, 0.4) is 0 Å². The summed E-state index contributed by atoms with van der Waals surface area (Å²) >= 11 is 0. The van der Waals surface area contributed by atoms with E-state index in [1.54, 1.807) is 24.4 Å². The first-order chi connectivity index (χ1) is 11.5. The molecule has 0 aliphatic carbocycles. The Hall–Kier alpha value is -2.45. The first-order valence-electron chi connectivity index (χ1n) is 7.39. The Balaban J connectivity index is 1.84. The first-order valence-corrected chi connectivity index (χ1v) is 9.04. The topological polar surface area (TPSA) is 100 Å². The SMILES string of the molecule is CNS(=O)(=O)Cc1cccc(CNC(=O)NCc2ccccn2)c1. The van der Waals surface area contributed by atoms with Gasteiger partial charge in [-0.3, -0.25) is 4.98 Å². The van der Waals surface area contributed by atoms with Gasteiger partial charge in [-0.15, -0.1) is 0 Å². The third-order valence-electron chi connectivity index (χ3n) is 3.27.